The summed E-state index contributed by atoms with van der Waals surface area (Å²) in [5, 5.41) is 22.2. The van der Waals surface area contributed by atoms with Gasteiger partial charge in [0.1, 0.15) is 28.9 Å². The van der Waals surface area contributed by atoms with E-state index in [1.807, 2.05) is 23.6 Å². The molecule has 2 aromatic rings. The average molecular weight is 619 g/mol. The van der Waals surface area contributed by atoms with Crippen molar-refractivity contribution in [3.05, 3.63) is 57.8 Å². The van der Waals surface area contributed by atoms with E-state index in [9.17, 15) is 24.3 Å². The number of amides is 3. The molecule has 0 bridgehead atoms. The largest absolute Gasteiger partial charge is 0.477 e. The Morgan fingerprint density at radius 1 is 1.35 bits per heavy atom. The van der Waals surface area contributed by atoms with Gasteiger partial charge in [-0.1, -0.05) is 11.2 Å². The normalized spacial score (nSPS) is 20.9. The predicted molar refractivity (Wildman–Crippen MR) is 156 cm³/mol. The van der Waals surface area contributed by atoms with Gasteiger partial charge in [-0.05, 0) is 28.7 Å². The quantitative estimate of drug-likeness (QED) is 0.138. The zero-order valence-electron chi connectivity index (χ0n) is 20.6. The van der Waals surface area contributed by atoms with Gasteiger partial charge in [0.25, 0.3) is 11.8 Å². The van der Waals surface area contributed by atoms with E-state index in [0.717, 1.165) is 28.4 Å². The van der Waals surface area contributed by atoms with Crippen LogP contribution in [0.4, 0.5) is 5.13 Å². The number of pyridine rings is 1. The Morgan fingerprint density at radius 2 is 2.20 bits per heavy atom. The lowest BCUT2D eigenvalue weighted by molar-refractivity contribution is -0.150. The van der Waals surface area contributed by atoms with Crippen LogP contribution in [0.3, 0.4) is 0 Å². The molecule has 0 radical (unpaired) electrons. The van der Waals surface area contributed by atoms with Gasteiger partial charge in [-0.3, -0.25) is 24.3 Å². The Kier molecular flexibility index (Phi) is 9.08. The monoisotopic (exact) mass is 618 g/mol. The zero-order valence-corrected chi connectivity index (χ0v) is 23.9. The molecule has 1 unspecified atom stereocenters. The van der Waals surface area contributed by atoms with Gasteiger partial charge in [0.15, 0.2) is 10.8 Å². The van der Waals surface area contributed by atoms with Crippen molar-refractivity contribution in [3.63, 3.8) is 0 Å². The standard InChI is InChI=1S/C24H22N6O6S4/c31-12-26-24-27-16(11-40-24)17(29-36-15-9-38-10-15)20(32)28-18-21(33)30-19(23(34)35)14(8-39-22(18)30)7-37-5-3-13-2-1-4-25-6-13/h1-6,11-12,15,18,22H,7-10H2,(H,28,32)(H,34,35)(H,26,27,31)/b5-3-,29-17?/t18?,22-/m0/s1. The molecular formula is C24H22N6O6S4. The van der Waals surface area contributed by atoms with Crippen LogP contribution in [0.5, 0.6) is 0 Å². The van der Waals surface area contributed by atoms with E-state index in [-0.39, 0.29) is 28.3 Å². The van der Waals surface area contributed by atoms with Crippen LogP contribution < -0.4 is 10.6 Å². The summed E-state index contributed by atoms with van der Waals surface area (Å²) in [7, 11) is 0. The number of thiazole rings is 1. The molecule has 3 amide bonds. The lowest BCUT2D eigenvalue weighted by atomic mass is 10.0. The van der Waals surface area contributed by atoms with Gasteiger partial charge in [-0.2, -0.15) is 11.8 Å². The minimum Gasteiger partial charge on any atom is -0.477 e. The van der Waals surface area contributed by atoms with Crippen molar-refractivity contribution in [3.8, 4) is 0 Å². The number of fused-ring (bicyclic) bond motifs is 1. The van der Waals surface area contributed by atoms with E-state index < -0.39 is 29.2 Å². The Hall–Kier alpha value is -3.34. The molecule has 208 valence electrons. The molecule has 2 aromatic heterocycles. The highest BCUT2D eigenvalue weighted by molar-refractivity contribution is 8.02. The molecule has 0 spiro atoms. The van der Waals surface area contributed by atoms with E-state index in [1.165, 1.54) is 28.4 Å². The number of nitrogens with zero attached hydrogens (tertiary/aromatic N) is 4. The SMILES string of the molecule is O=CNc1nc(C(=NOC2CSC2)C(=O)NC2C(=O)N3C(C(=O)O)=C(CS/C=C\c4cccnc4)CS[C@@H]23)cs1. The first-order chi connectivity index (χ1) is 19.5. The summed E-state index contributed by atoms with van der Waals surface area (Å²) in [4.78, 5) is 64.2. The van der Waals surface area contributed by atoms with Gasteiger partial charge in [0.2, 0.25) is 6.41 Å². The number of anilines is 1. The molecule has 3 N–H and O–H groups in total. The number of carboxylic acids is 1. The number of nitrogens with one attached hydrogen (secondary N) is 2. The highest BCUT2D eigenvalue weighted by atomic mass is 32.2. The lowest BCUT2D eigenvalue weighted by Crippen LogP contribution is -2.71. The van der Waals surface area contributed by atoms with Crippen molar-refractivity contribution < 1.29 is 29.1 Å². The molecule has 3 aliphatic rings. The minimum absolute atomic E-state index is 0.0506. The van der Waals surface area contributed by atoms with Gasteiger partial charge in [0, 0.05) is 40.8 Å². The second-order valence-electron chi connectivity index (χ2n) is 8.52. The summed E-state index contributed by atoms with van der Waals surface area (Å²) in [5.74, 6) is -0.120. The van der Waals surface area contributed by atoms with Crippen LogP contribution in [0.1, 0.15) is 11.3 Å². The van der Waals surface area contributed by atoms with Crippen molar-refractivity contribution >= 4 is 87.7 Å². The Bertz CT molecular complexity index is 1390. The first-order valence-electron chi connectivity index (χ1n) is 11.8. The number of thioether (sulfide) groups is 3. The maximum atomic E-state index is 13.2. The molecule has 5 rings (SSSR count). The first kappa shape index (κ1) is 28.2. The third-order valence-corrected chi connectivity index (χ3v) is 10.1. The van der Waals surface area contributed by atoms with Crippen LogP contribution in [0.25, 0.3) is 6.08 Å². The lowest BCUT2D eigenvalue weighted by Gasteiger charge is -2.49. The van der Waals surface area contributed by atoms with Crippen molar-refractivity contribution in [2.75, 3.05) is 28.3 Å². The maximum Gasteiger partial charge on any atom is 0.352 e. The fourth-order valence-electron chi connectivity index (χ4n) is 3.86. The van der Waals surface area contributed by atoms with Crippen LogP contribution in [0.2, 0.25) is 0 Å². The fourth-order valence-corrected chi connectivity index (χ4v) is 7.33. The van der Waals surface area contributed by atoms with Crippen molar-refractivity contribution in [2.45, 2.75) is 17.5 Å². The number of hydrogen-bond donors (Lipinski definition) is 3. The molecule has 2 atom stereocenters. The molecule has 40 heavy (non-hydrogen) atoms. The number of aromatic nitrogens is 2. The van der Waals surface area contributed by atoms with E-state index in [1.54, 1.807) is 29.5 Å². The van der Waals surface area contributed by atoms with Crippen LogP contribution in [-0.4, -0.2) is 90.4 Å². The molecule has 2 fully saturated rings. The third kappa shape index (κ3) is 6.19. The fraction of sp³-hybridized carbons (Fsp3) is 0.292. The number of carboxylic acid groups (broad SMARTS) is 1. The number of carbonyl (C=O) groups excluding carboxylic acids is 3. The molecule has 0 aromatic carbocycles. The highest BCUT2D eigenvalue weighted by Gasteiger charge is 2.54. The Balaban J connectivity index is 1.27. The summed E-state index contributed by atoms with van der Waals surface area (Å²) in [6.45, 7) is 0. The number of rotatable bonds is 12. The number of aliphatic carboxylic acids is 1. The van der Waals surface area contributed by atoms with Crippen LogP contribution in [0.15, 0.2) is 51.7 Å². The van der Waals surface area contributed by atoms with Gasteiger partial charge in [-0.15, -0.1) is 34.9 Å². The molecule has 12 nitrogen and oxygen atoms in total. The number of oxime groups is 1. The van der Waals surface area contributed by atoms with Gasteiger partial charge < -0.3 is 20.6 Å². The van der Waals surface area contributed by atoms with Crippen LogP contribution in [-0.2, 0) is 24.0 Å². The van der Waals surface area contributed by atoms with Crippen LogP contribution >= 0.6 is 46.6 Å². The van der Waals surface area contributed by atoms with E-state index in [0.29, 0.717) is 23.5 Å². The van der Waals surface area contributed by atoms with E-state index in [4.69, 9.17) is 4.84 Å². The van der Waals surface area contributed by atoms with E-state index in [2.05, 4.69) is 25.8 Å². The van der Waals surface area contributed by atoms with Crippen molar-refractivity contribution in [1.82, 2.24) is 20.2 Å². The average Bonchev–Trinajstić information content (AvgIpc) is 3.39. The summed E-state index contributed by atoms with van der Waals surface area (Å²) < 4.78 is 0. The molecule has 3 aliphatic heterocycles. The summed E-state index contributed by atoms with van der Waals surface area (Å²) in [5.41, 5.74) is 1.55. The topological polar surface area (TPSA) is 163 Å². The molecule has 16 heteroatoms. The second kappa shape index (κ2) is 12.9. The van der Waals surface area contributed by atoms with Gasteiger partial charge >= 0.3 is 5.97 Å². The summed E-state index contributed by atoms with van der Waals surface area (Å²) in [6.07, 6.45) is 5.62. The Morgan fingerprint density at radius 3 is 2.90 bits per heavy atom. The van der Waals surface area contributed by atoms with Gasteiger partial charge in [0.05, 0.1) is 0 Å². The second-order valence-corrected chi connectivity index (χ2v) is 12.5. The smallest absolute Gasteiger partial charge is 0.352 e. The van der Waals surface area contributed by atoms with Crippen molar-refractivity contribution in [2.24, 2.45) is 5.16 Å². The molecule has 0 aliphatic carbocycles. The highest BCUT2D eigenvalue weighted by Crippen LogP contribution is 2.41. The molecular weight excluding hydrogens is 597 g/mol. The predicted octanol–water partition coefficient (Wildman–Crippen LogP) is 2.09. The first-order valence-corrected chi connectivity index (χ1v) is 16.0. The van der Waals surface area contributed by atoms with E-state index >= 15 is 0 Å². The Labute approximate surface area is 245 Å². The number of hydrogen-bond acceptors (Lipinski definition) is 12. The maximum absolute atomic E-state index is 13.2. The van der Waals surface area contributed by atoms with Gasteiger partial charge in [-0.25, -0.2) is 9.78 Å². The van der Waals surface area contributed by atoms with Crippen LogP contribution in [0, 0.1) is 0 Å². The molecule has 2 saturated heterocycles. The number of β-lactam (4-membered cyclic amide) rings is 1. The number of carbonyl (C=O) groups is 4. The molecule has 5 heterocycles. The minimum atomic E-state index is -1.19. The molecule has 0 saturated carbocycles. The van der Waals surface area contributed by atoms with Crippen molar-refractivity contribution in [1.29, 1.82) is 0 Å². The summed E-state index contributed by atoms with van der Waals surface area (Å²) >= 11 is 5.60. The summed E-state index contributed by atoms with van der Waals surface area (Å²) in [6, 6.07) is 2.79. The zero-order chi connectivity index (χ0) is 28.1. The third-order valence-electron chi connectivity index (χ3n) is 5.88.